The molecule has 3 rings (SSSR count). The largest absolute Gasteiger partial charge is 0.324 e. The molecule has 146 valence electrons. The zero-order valence-corrected chi connectivity index (χ0v) is 18.2. The smallest absolute Gasteiger partial charge is 0.237 e. The van der Waals surface area contributed by atoms with E-state index >= 15 is 0 Å². The number of benzene rings is 1. The number of halogens is 3. The van der Waals surface area contributed by atoms with Crippen LogP contribution in [0.25, 0.3) is 0 Å². The van der Waals surface area contributed by atoms with Gasteiger partial charge in [0, 0.05) is 6.04 Å². The molecule has 1 aromatic heterocycles. The molecule has 5 nitrogen and oxygen atoms in total. The molecule has 1 saturated carbocycles. The Hall–Kier alpha value is -0.950. The molecule has 27 heavy (non-hydrogen) atoms. The third kappa shape index (κ3) is 4.91. The second-order valence-corrected chi connectivity index (χ2v) is 9.22. The first-order valence-corrected chi connectivity index (χ1v) is 10.9. The van der Waals surface area contributed by atoms with E-state index in [-0.39, 0.29) is 11.2 Å². The summed E-state index contributed by atoms with van der Waals surface area (Å²) in [5.74, 6) is 0.709. The minimum Gasteiger partial charge on any atom is -0.324 e. The number of hydrogen-bond donors (Lipinski definition) is 1. The lowest BCUT2D eigenvalue weighted by molar-refractivity contribution is -0.115. The standard InChI is InChI=1S/C18H21Cl3N4OS/c1-10(17(26)22-16-9-14(20)13(19)8-15(16)21)27-18-24-23-11(2)25(18)12-6-4-3-5-7-12/h8-10,12H,3-7H2,1-2H3,(H,22,26). The number of carbonyl (C=O) groups excluding carboxylic acids is 1. The van der Waals surface area contributed by atoms with Gasteiger partial charge in [0.2, 0.25) is 5.91 Å². The Bertz CT molecular complexity index is 836. The lowest BCUT2D eigenvalue weighted by Gasteiger charge is -2.25. The minimum absolute atomic E-state index is 0.184. The molecule has 2 aromatic rings. The fourth-order valence-electron chi connectivity index (χ4n) is 3.25. The number of aryl methyl sites for hydroxylation is 1. The van der Waals surface area contributed by atoms with Gasteiger partial charge >= 0.3 is 0 Å². The molecular weight excluding hydrogens is 427 g/mol. The molecule has 1 aliphatic rings. The number of rotatable bonds is 5. The molecule has 0 aliphatic heterocycles. The van der Waals surface area contributed by atoms with Crippen molar-refractivity contribution in [3.05, 3.63) is 33.0 Å². The summed E-state index contributed by atoms with van der Waals surface area (Å²) in [6.45, 7) is 3.80. The van der Waals surface area contributed by atoms with Crippen LogP contribution < -0.4 is 5.32 Å². The van der Waals surface area contributed by atoms with Crippen molar-refractivity contribution in [3.8, 4) is 0 Å². The first kappa shape index (κ1) is 20.8. The topological polar surface area (TPSA) is 59.8 Å². The molecule has 0 saturated heterocycles. The van der Waals surface area contributed by atoms with Gasteiger partial charge in [-0.2, -0.15) is 0 Å². The molecule has 0 radical (unpaired) electrons. The number of anilines is 1. The SMILES string of the molecule is Cc1nnc(SC(C)C(=O)Nc2cc(Cl)c(Cl)cc2Cl)n1C1CCCCC1. The highest BCUT2D eigenvalue weighted by Gasteiger charge is 2.25. The first-order chi connectivity index (χ1) is 12.9. The van der Waals surface area contributed by atoms with Crippen molar-refractivity contribution in [2.45, 2.75) is 62.4 Å². The van der Waals surface area contributed by atoms with E-state index < -0.39 is 0 Å². The molecule has 1 unspecified atom stereocenters. The van der Waals surface area contributed by atoms with Crippen LogP contribution in [0.15, 0.2) is 17.3 Å². The molecule has 1 atom stereocenters. The van der Waals surface area contributed by atoms with Crippen molar-refractivity contribution in [3.63, 3.8) is 0 Å². The maximum atomic E-state index is 12.6. The summed E-state index contributed by atoms with van der Waals surface area (Å²) in [7, 11) is 0. The van der Waals surface area contributed by atoms with Gasteiger partial charge in [-0.3, -0.25) is 4.79 Å². The molecule has 1 fully saturated rings. The maximum absolute atomic E-state index is 12.6. The normalized spacial score (nSPS) is 16.3. The van der Waals surface area contributed by atoms with Crippen LogP contribution in [0.3, 0.4) is 0 Å². The maximum Gasteiger partial charge on any atom is 0.237 e. The third-order valence-electron chi connectivity index (χ3n) is 4.69. The second kappa shape index (κ2) is 9.03. The minimum atomic E-state index is -0.374. The van der Waals surface area contributed by atoms with Crippen molar-refractivity contribution < 1.29 is 4.79 Å². The van der Waals surface area contributed by atoms with Gasteiger partial charge in [-0.15, -0.1) is 10.2 Å². The number of thioether (sulfide) groups is 1. The summed E-state index contributed by atoms with van der Waals surface area (Å²) in [4.78, 5) is 12.6. The first-order valence-electron chi connectivity index (χ1n) is 8.90. The van der Waals surface area contributed by atoms with Crippen molar-refractivity contribution >= 4 is 58.2 Å². The van der Waals surface area contributed by atoms with Gasteiger partial charge in [-0.1, -0.05) is 65.8 Å². The van der Waals surface area contributed by atoms with Crippen LogP contribution >= 0.6 is 46.6 Å². The molecule has 0 spiro atoms. The Labute approximate surface area is 178 Å². The lowest BCUT2D eigenvalue weighted by atomic mass is 9.95. The summed E-state index contributed by atoms with van der Waals surface area (Å²) in [5, 5.41) is 12.8. The Kier molecular flexibility index (Phi) is 6.95. The number of hydrogen-bond acceptors (Lipinski definition) is 4. The van der Waals surface area contributed by atoms with E-state index in [9.17, 15) is 4.79 Å². The predicted molar refractivity (Wildman–Crippen MR) is 112 cm³/mol. The molecule has 9 heteroatoms. The van der Waals surface area contributed by atoms with Gasteiger partial charge in [-0.25, -0.2) is 0 Å². The van der Waals surface area contributed by atoms with Crippen LogP contribution in [0.2, 0.25) is 15.1 Å². The number of carbonyl (C=O) groups is 1. The Morgan fingerprint density at radius 2 is 1.81 bits per heavy atom. The Balaban J connectivity index is 1.71. The highest BCUT2D eigenvalue weighted by molar-refractivity contribution is 8.00. The van der Waals surface area contributed by atoms with Gasteiger partial charge in [-0.05, 0) is 38.8 Å². The van der Waals surface area contributed by atoms with Gasteiger partial charge < -0.3 is 9.88 Å². The van der Waals surface area contributed by atoms with Gasteiger partial charge in [0.1, 0.15) is 5.82 Å². The van der Waals surface area contributed by atoms with Crippen LogP contribution in [0, 0.1) is 6.92 Å². The van der Waals surface area contributed by atoms with Crippen LogP contribution in [0.1, 0.15) is 50.9 Å². The zero-order valence-electron chi connectivity index (χ0n) is 15.1. The van der Waals surface area contributed by atoms with Crippen LogP contribution in [-0.4, -0.2) is 25.9 Å². The van der Waals surface area contributed by atoms with Gasteiger partial charge in [0.15, 0.2) is 5.16 Å². The summed E-state index contributed by atoms with van der Waals surface area (Å²) < 4.78 is 2.18. The molecule has 1 aliphatic carbocycles. The van der Waals surface area contributed by atoms with Crippen LogP contribution in [0.5, 0.6) is 0 Å². The Morgan fingerprint density at radius 3 is 2.52 bits per heavy atom. The van der Waals surface area contributed by atoms with E-state index in [0.717, 1.165) is 23.8 Å². The highest BCUT2D eigenvalue weighted by atomic mass is 35.5. The predicted octanol–water partition coefficient (Wildman–Crippen LogP) is 6.17. The van der Waals surface area contributed by atoms with Crippen LogP contribution in [0.4, 0.5) is 5.69 Å². The number of amides is 1. The van der Waals surface area contributed by atoms with E-state index in [1.165, 1.54) is 37.1 Å². The molecule has 1 amide bonds. The quantitative estimate of drug-likeness (QED) is 0.440. The van der Waals surface area contributed by atoms with Crippen molar-refractivity contribution in [1.29, 1.82) is 0 Å². The molecule has 1 heterocycles. The highest BCUT2D eigenvalue weighted by Crippen LogP contribution is 2.35. The number of nitrogens with zero attached hydrogens (tertiary/aromatic N) is 3. The summed E-state index contributed by atoms with van der Waals surface area (Å²) >= 11 is 19.5. The van der Waals surface area contributed by atoms with E-state index in [1.807, 2.05) is 13.8 Å². The summed E-state index contributed by atoms with van der Waals surface area (Å²) in [5.41, 5.74) is 0.438. The fourth-order valence-corrected chi connectivity index (χ4v) is 4.81. The van der Waals surface area contributed by atoms with E-state index in [1.54, 1.807) is 6.07 Å². The van der Waals surface area contributed by atoms with Gasteiger partial charge in [0.25, 0.3) is 0 Å². The van der Waals surface area contributed by atoms with Crippen LogP contribution in [-0.2, 0) is 4.79 Å². The van der Waals surface area contributed by atoms with Crippen molar-refractivity contribution in [2.75, 3.05) is 5.32 Å². The summed E-state index contributed by atoms with van der Waals surface area (Å²) in [6, 6.07) is 3.48. The average Bonchev–Trinajstić information content (AvgIpc) is 3.00. The van der Waals surface area contributed by atoms with Crippen molar-refractivity contribution in [1.82, 2.24) is 14.8 Å². The zero-order chi connectivity index (χ0) is 19.6. The molecular formula is C18H21Cl3N4OS. The number of aromatic nitrogens is 3. The van der Waals surface area contributed by atoms with Gasteiger partial charge in [0.05, 0.1) is 26.0 Å². The molecule has 0 bridgehead atoms. The van der Waals surface area contributed by atoms with E-state index in [4.69, 9.17) is 34.8 Å². The molecule has 1 N–H and O–H groups in total. The Morgan fingerprint density at radius 1 is 1.15 bits per heavy atom. The van der Waals surface area contributed by atoms with E-state index in [0.29, 0.717) is 26.8 Å². The second-order valence-electron chi connectivity index (χ2n) is 6.69. The average molecular weight is 448 g/mol. The van der Waals surface area contributed by atoms with Crippen molar-refractivity contribution in [2.24, 2.45) is 0 Å². The monoisotopic (exact) mass is 446 g/mol. The molecule has 1 aromatic carbocycles. The van der Waals surface area contributed by atoms with E-state index in [2.05, 4.69) is 20.1 Å². The fraction of sp³-hybridized carbons (Fsp3) is 0.500. The summed E-state index contributed by atoms with van der Waals surface area (Å²) in [6.07, 6.45) is 5.98. The number of nitrogens with one attached hydrogen (secondary N) is 1. The lowest BCUT2D eigenvalue weighted by Crippen LogP contribution is -2.24. The third-order valence-corrected chi connectivity index (χ3v) is 6.79.